The Bertz CT molecular complexity index is 1390. The van der Waals surface area contributed by atoms with Gasteiger partial charge in [-0.25, -0.2) is 4.98 Å². The van der Waals surface area contributed by atoms with Crippen LogP contribution >= 0.6 is 15.9 Å². The Morgan fingerprint density at radius 2 is 1.62 bits per heavy atom. The summed E-state index contributed by atoms with van der Waals surface area (Å²) in [7, 11) is 0. The van der Waals surface area contributed by atoms with Crippen LogP contribution in [0.4, 0.5) is 11.4 Å². The van der Waals surface area contributed by atoms with E-state index in [1.54, 1.807) is 54.6 Å². The number of rotatable bonds is 5. The summed E-state index contributed by atoms with van der Waals surface area (Å²) >= 11 is 3.32. The number of halogens is 1. The lowest BCUT2D eigenvalue weighted by molar-refractivity contribution is -0.385. The van der Waals surface area contributed by atoms with Crippen LogP contribution in [0.5, 0.6) is 0 Å². The first-order valence-corrected chi connectivity index (χ1v) is 10.1. The van der Waals surface area contributed by atoms with Crippen LogP contribution in [0.15, 0.2) is 77.3 Å². The monoisotopic (exact) mass is 491 g/mol. The second kappa shape index (κ2) is 8.56. The molecule has 8 nitrogen and oxygen atoms in total. The topological polar surface area (TPSA) is 119 Å². The van der Waals surface area contributed by atoms with E-state index in [2.05, 4.69) is 20.9 Å². The first kappa shape index (κ1) is 21.1. The first-order chi connectivity index (χ1) is 15.3. The summed E-state index contributed by atoms with van der Waals surface area (Å²) in [6.45, 7) is 0. The Labute approximate surface area is 189 Å². The Morgan fingerprint density at radius 3 is 2.25 bits per heavy atom. The Balaban J connectivity index is 2.06. The Morgan fingerprint density at radius 1 is 0.938 bits per heavy atom. The molecule has 0 aliphatic carbocycles. The molecule has 1 heterocycles. The molecule has 32 heavy (non-hydrogen) atoms. The summed E-state index contributed by atoms with van der Waals surface area (Å²) < 4.78 is 0.816. The van der Waals surface area contributed by atoms with Gasteiger partial charge in [-0.2, -0.15) is 0 Å². The molecule has 3 aromatic carbocycles. The zero-order chi connectivity index (χ0) is 22.8. The number of nitro benzene ring substituents is 1. The molecule has 9 heteroatoms. The van der Waals surface area contributed by atoms with Gasteiger partial charge in [0, 0.05) is 33.6 Å². The Kier molecular flexibility index (Phi) is 5.65. The average Bonchev–Trinajstić information content (AvgIpc) is 2.78. The van der Waals surface area contributed by atoms with Gasteiger partial charge in [-0.3, -0.25) is 20.2 Å². The van der Waals surface area contributed by atoms with Crippen LogP contribution in [0.1, 0.15) is 11.3 Å². The molecule has 0 spiro atoms. The fourth-order valence-electron chi connectivity index (χ4n) is 3.39. The van der Waals surface area contributed by atoms with Gasteiger partial charge in [-0.1, -0.05) is 58.4 Å². The van der Waals surface area contributed by atoms with E-state index >= 15 is 0 Å². The van der Waals surface area contributed by atoms with E-state index in [0.29, 0.717) is 16.6 Å². The van der Waals surface area contributed by atoms with E-state index in [1.807, 2.05) is 0 Å². The van der Waals surface area contributed by atoms with Gasteiger partial charge in [0.25, 0.3) is 5.69 Å². The lowest BCUT2D eigenvalue weighted by Gasteiger charge is -2.11. The van der Waals surface area contributed by atoms with Crippen molar-refractivity contribution in [1.29, 1.82) is 0 Å². The van der Waals surface area contributed by atoms with Crippen molar-refractivity contribution in [3.05, 3.63) is 109 Å². The van der Waals surface area contributed by atoms with Crippen LogP contribution < -0.4 is 0 Å². The molecular weight excluding hydrogens is 478 g/mol. The minimum Gasteiger partial charge on any atom is -0.507 e. The molecule has 0 radical (unpaired) electrons. The van der Waals surface area contributed by atoms with E-state index in [1.165, 1.54) is 24.3 Å². The van der Waals surface area contributed by atoms with Gasteiger partial charge in [0.2, 0.25) is 0 Å². The average molecular weight is 492 g/mol. The predicted molar refractivity (Wildman–Crippen MR) is 125 cm³/mol. The van der Waals surface area contributed by atoms with Crippen LogP contribution in [-0.4, -0.2) is 19.9 Å². The van der Waals surface area contributed by atoms with Gasteiger partial charge < -0.3 is 5.11 Å². The second-order valence-corrected chi connectivity index (χ2v) is 7.75. The molecule has 0 saturated carbocycles. The maximum Gasteiger partial charge on any atom is 0.303 e. The lowest BCUT2D eigenvalue weighted by atomic mass is 9.97. The second-order valence-electron chi connectivity index (χ2n) is 6.84. The number of fused-ring (bicyclic) bond motifs is 1. The molecule has 1 N–H and O–H groups in total. The molecule has 0 aliphatic heterocycles. The van der Waals surface area contributed by atoms with Gasteiger partial charge in [0.1, 0.15) is 11.5 Å². The number of hydrogen-bond donors (Lipinski definition) is 1. The zero-order valence-corrected chi connectivity index (χ0v) is 17.9. The van der Waals surface area contributed by atoms with Crippen LogP contribution in [0.3, 0.4) is 0 Å². The van der Waals surface area contributed by atoms with Gasteiger partial charge in [-0.05, 0) is 23.8 Å². The molecule has 0 fully saturated rings. The predicted octanol–water partition coefficient (Wildman–Crippen LogP) is 6.54. The lowest BCUT2D eigenvalue weighted by Crippen LogP contribution is -2.01. The maximum atomic E-state index is 12.2. The van der Waals surface area contributed by atoms with E-state index in [0.717, 1.165) is 4.47 Å². The summed E-state index contributed by atoms with van der Waals surface area (Å²) in [4.78, 5) is 26.7. The smallest absolute Gasteiger partial charge is 0.303 e. The zero-order valence-electron chi connectivity index (χ0n) is 16.3. The molecule has 0 saturated heterocycles. The van der Waals surface area contributed by atoms with Gasteiger partial charge >= 0.3 is 5.69 Å². The number of aliphatic hydroxyl groups excluding tert-OH is 1. The normalized spacial score (nSPS) is 11.5. The van der Waals surface area contributed by atoms with Gasteiger partial charge in [0.15, 0.2) is 0 Å². The summed E-state index contributed by atoms with van der Waals surface area (Å²) in [6, 6.07) is 19.4. The van der Waals surface area contributed by atoms with E-state index in [9.17, 15) is 25.3 Å². The van der Waals surface area contributed by atoms with Crippen molar-refractivity contribution >= 4 is 50.0 Å². The molecule has 1 aromatic heterocycles. The van der Waals surface area contributed by atoms with E-state index in [-0.39, 0.29) is 33.8 Å². The third kappa shape index (κ3) is 4.06. The highest BCUT2D eigenvalue weighted by atomic mass is 79.9. The number of hydrogen-bond acceptors (Lipinski definition) is 6. The minimum atomic E-state index is -0.589. The van der Waals surface area contributed by atoms with Crippen LogP contribution in [0.25, 0.3) is 33.9 Å². The summed E-state index contributed by atoms with van der Waals surface area (Å²) in [5.41, 5.74) is 0.864. The Hall–Kier alpha value is -4.11. The van der Waals surface area contributed by atoms with Crippen molar-refractivity contribution in [3.8, 4) is 11.1 Å². The highest BCUT2D eigenvalue weighted by Crippen LogP contribution is 2.40. The van der Waals surface area contributed by atoms with E-state index < -0.39 is 9.85 Å². The molecular formula is C23H14BrN3O5. The molecule has 0 amide bonds. The van der Waals surface area contributed by atoms with Crippen molar-refractivity contribution in [2.45, 2.75) is 0 Å². The minimum absolute atomic E-state index is 0.0596. The van der Waals surface area contributed by atoms with Gasteiger partial charge in [0.05, 0.1) is 20.9 Å². The van der Waals surface area contributed by atoms with Crippen LogP contribution in [-0.2, 0) is 0 Å². The number of nitrogens with zero attached hydrogens (tertiary/aromatic N) is 3. The fraction of sp³-hybridized carbons (Fsp3) is 0. The summed E-state index contributed by atoms with van der Waals surface area (Å²) in [6.07, 6.45) is 1.23. The number of pyridine rings is 1. The third-order valence-corrected chi connectivity index (χ3v) is 5.37. The van der Waals surface area contributed by atoms with Gasteiger partial charge in [-0.15, -0.1) is 0 Å². The molecule has 158 valence electrons. The highest BCUT2D eigenvalue weighted by molar-refractivity contribution is 9.10. The standard InChI is InChI=1S/C23H14BrN3O5/c24-16-8-6-14(7-9-16)21(28)13-20-23(27(31)32)22(15-4-2-1-3-5-15)18-12-17(26(29)30)10-11-19(18)25-20/h1-13,28H/b21-13-. The fourth-order valence-corrected chi connectivity index (χ4v) is 3.65. The summed E-state index contributed by atoms with van der Waals surface area (Å²) in [5, 5.41) is 34.4. The molecule has 0 unspecified atom stereocenters. The number of non-ortho nitro benzene ring substituents is 1. The first-order valence-electron chi connectivity index (χ1n) is 9.33. The van der Waals surface area contributed by atoms with Crippen LogP contribution in [0, 0.1) is 20.2 Å². The van der Waals surface area contributed by atoms with Crippen molar-refractivity contribution in [2.75, 3.05) is 0 Å². The number of aliphatic hydroxyl groups is 1. The molecule has 0 bridgehead atoms. The van der Waals surface area contributed by atoms with E-state index in [4.69, 9.17) is 0 Å². The molecule has 4 aromatic rings. The quantitative estimate of drug-likeness (QED) is 0.192. The molecule has 4 rings (SSSR count). The van der Waals surface area contributed by atoms with Crippen molar-refractivity contribution in [3.63, 3.8) is 0 Å². The van der Waals surface area contributed by atoms with Crippen molar-refractivity contribution in [2.24, 2.45) is 0 Å². The number of nitro groups is 2. The third-order valence-electron chi connectivity index (χ3n) is 4.84. The maximum absolute atomic E-state index is 12.2. The largest absolute Gasteiger partial charge is 0.507 e. The molecule has 0 atom stereocenters. The van der Waals surface area contributed by atoms with Crippen molar-refractivity contribution < 1.29 is 15.0 Å². The highest BCUT2D eigenvalue weighted by Gasteiger charge is 2.26. The van der Waals surface area contributed by atoms with Crippen LogP contribution in [0.2, 0.25) is 0 Å². The SMILES string of the molecule is O=[N+]([O-])c1ccc2nc(/C=C(\O)c3ccc(Br)cc3)c([N+](=O)[O-])c(-c3ccccc3)c2c1. The van der Waals surface area contributed by atoms with Crippen molar-refractivity contribution in [1.82, 2.24) is 4.98 Å². The summed E-state index contributed by atoms with van der Waals surface area (Å²) in [5.74, 6) is -0.201. The number of aromatic nitrogens is 1. The number of benzene rings is 3. The molecule has 0 aliphatic rings.